The van der Waals surface area contributed by atoms with Crippen molar-refractivity contribution in [2.24, 2.45) is 5.73 Å². The van der Waals surface area contributed by atoms with Crippen molar-refractivity contribution >= 4 is 6.03 Å². The van der Waals surface area contributed by atoms with E-state index in [0.29, 0.717) is 0 Å². The number of hydrogen-bond donors (Lipinski definition) is 1. The average molecular weight is 116 g/mol. The molecule has 1 rings (SSSR count). The number of nitrogens with zero attached hydrogens (tertiary/aromatic N) is 1. The van der Waals surface area contributed by atoms with Crippen molar-refractivity contribution in [3.8, 4) is 0 Å². The topological polar surface area (TPSA) is 58.6 Å². The molecule has 2 N–H and O–H groups in total. The molecule has 0 aromatic rings. The number of amides is 2. The first-order chi connectivity index (χ1) is 3.54. The third kappa shape index (κ3) is 0.626. The minimum Gasteiger partial charge on any atom is -0.350 e. The molecule has 0 radical (unpaired) electrons. The van der Waals surface area contributed by atoms with Crippen LogP contribution in [-0.4, -0.2) is 16.8 Å². The third-order valence-electron chi connectivity index (χ3n) is 0.971. The van der Waals surface area contributed by atoms with Crippen LogP contribution >= 0.6 is 0 Å². The zero-order chi connectivity index (χ0) is 6.36. The molecule has 0 bridgehead atoms. The molecule has 1 fully saturated rings. The van der Waals surface area contributed by atoms with E-state index in [1.807, 2.05) is 0 Å². The second kappa shape index (κ2) is 1.14. The number of hydrogen-bond acceptors (Lipinski definition) is 2. The van der Waals surface area contributed by atoms with Crippen LogP contribution in [0, 0.1) is 0 Å². The largest absolute Gasteiger partial charge is 0.350 e. The smallest absolute Gasteiger partial charge is 0.341 e. The lowest BCUT2D eigenvalue weighted by Crippen LogP contribution is -2.23. The van der Waals surface area contributed by atoms with Crippen LogP contribution in [0.5, 0.6) is 0 Å². The second-order valence-corrected chi connectivity index (χ2v) is 2.17. The lowest BCUT2D eigenvalue weighted by molar-refractivity contribution is 0.184. The molecule has 1 aliphatic heterocycles. The summed E-state index contributed by atoms with van der Waals surface area (Å²) < 4.78 is 0. The highest BCUT2D eigenvalue weighted by Gasteiger charge is 2.49. The fourth-order valence-corrected chi connectivity index (χ4v) is 0.513. The van der Waals surface area contributed by atoms with Gasteiger partial charge in [0.1, 0.15) is 0 Å². The molecule has 4 heteroatoms. The second-order valence-electron chi connectivity index (χ2n) is 2.17. The van der Waals surface area contributed by atoms with E-state index in [9.17, 15) is 4.79 Å². The first kappa shape index (κ1) is 5.37. The van der Waals surface area contributed by atoms with Gasteiger partial charge in [-0.15, -0.1) is 0 Å². The van der Waals surface area contributed by atoms with Gasteiger partial charge in [-0.05, 0) is 13.8 Å². The summed E-state index contributed by atoms with van der Waals surface area (Å²) in [6, 6.07) is -0.532. The number of primary amides is 1. The minimum atomic E-state index is -0.532. The molecular weight excluding hydrogens is 108 g/mol. The Kier molecular flexibility index (Phi) is 0.765. The van der Waals surface area contributed by atoms with Crippen LogP contribution in [0.1, 0.15) is 13.8 Å². The Morgan fingerprint density at radius 3 is 2.12 bits per heavy atom. The number of rotatable bonds is 0. The molecule has 0 aliphatic carbocycles. The van der Waals surface area contributed by atoms with E-state index < -0.39 is 11.8 Å². The lowest BCUT2D eigenvalue weighted by Gasteiger charge is -1.90. The van der Waals surface area contributed by atoms with Gasteiger partial charge >= 0.3 is 6.03 Å². The first-order valence-electron chi connectivity index (χ1n) is 2.33. The number of hydroxylamine groups is 2. The molecule has 46 valence electrons. The fraction of sp³-hybridized carbons (Fsp3) is 0.750. The predicted molar refractivity (Wildman–Crippen MR) is 26.6 cm³/mol. The lowest BCUT2D eigenvalue weighted by atomic mass is 10.4. The third-order valence-corrected chi connectivity index (χ3v) is 0.971. The summed E-state index contributed by atoms with van der Waals surface area (Å²) in [6.07, 6.45) is 0. The normalized spacial score (nSPS) is 23.0. The van der Waals surface area contributed by atoms with E-state index in [-0.39, 0.29) is 0 Å². The van der Waals surface area contributed by atoms with Gasteiger partial charge in [0, 0.05) is 0 Å². The van der Waals surface area contributed by atoms with Gasteiger partial charge in [0.25, 0.3) is 0 Å². The van der Waals surface area contributed by atoms with Crippen LogP contribution in [0.25, 0.3) is 0 Å². The van der Waals surface area contributed by atoms with Gasteiger partial charge in [-0.2, -0.15) is 5.06 Å². The summed E-state index contributed by atoms with van der Waals surface area (Å²) in [7, 11) is 0. The molecule has 0 unspecified atom stereocenters. The summed E-state index contributed by atoms with van der Waals surface area (Å²) in [6.45, 7) is 3.52. The quantitative estimate of drug-likeness (QED) is 0.454. The highest BCUT2D eigenvalue weighted by molar-refractivity contribution is 5.73. The molecule has 1 heterocycles. The monoisotopic (exact) mass is 116 g/mol. The van der Waals surface area contributed by atoms with Crippen molar-refractivity contribution in [3.63, 3.8) is 0 Å². The molecule has 0 saturated carbocycles. The summed E-state index contributed by atoms with van der Waals surface area (Å²) in [5.41, 5.74) is 4.38. The minimum absolute atomic E-state index is 0.453. The standard InChI is InChI=1S/C4H8N2O2/c1-4(2)6(8-4)3(5)7/h1-2H3,(H2,5,7). The van der Waals surface area contributed by atoms with Gasteiger partial charge in [-0.1, -0.05) is 0 Å². The van der Waals surface area contributed by atoms with E-state index in [1.54, 1.807) is 13.8 Å². The number of nitrogens with two attached hydrogens (primary N) is 1. The maximum Gasteiger partial charge on any atom is 0.341 e. The molecule has 0 spiro atoms. The predicted octanol–water partition coefficient (Wildman–Crippen LogP) is 0.0484. The van der Waals surface area contributed by atoms with E-state index in [4.69, 9.17) is 10.6 Å². The van der Waals surface area contributed by atoms with E-state index in [0.717, 1.165) is 5.06 Å². The van der Waals surface area contributed by atoms with Gasteiger partial charge in [-0.25, -0.2) is 9.63 Å². The molecule has 1 saturated heterocycles. The maximum absolute atomic E-state index is 10.2. The van der Waals surface area contributed by atoms with Gasteiger partial charge in [-0.3, -0.25) is 0 Å². The Hall–Kier alpha value is -0.770. The molecule has 0 aromatic heterocycles. The van der Waals surface area contributed by atoms with Gasteiger partial charge in [0.15, 0.2) is 5.72 Å². The Morgan fingerprint density at radius 1 is 1.75 bits per heavy atom. The number of carbonyl (C=O) groups is 1. The van der Waals surface area contributed by atoms with Crippen LogP contribution in [0.3, 0.4) is 0 Å². The van der Waals surface area contributed by atoms with Crippen molar-refractivity contribution in [1.82, 2.24) is 5.06 Å². The Balaban J connectivity index is 2.48. The molecule has 0 aromatic carbocycles. The van der Waals surface area contributed by atoms with Gasteiger partial charge < -0.3 is 5.73 Å². The van der Waals surface area contributed by atoms with Gasteiger partial charge in [0.05, 0.1) is 0 Å². The first-order valence-corrected chi connectivity index (χ1v) is 2.33. The zero-order valence-corrected chi connectivity index (χ0v) is 4.84. The molecular formula is C4H8N2O2. The Bertz CT molecular complexity index is 132. The van der Waals surface area contributed by atoms with Crippen LogP contribution in [0.15, 0.2) is 0 Å². The highest BCUT2D eigenvalue weighted by Crippen LogP contribution is 2.32. The Morgan fingerprint density at radius 2 is 2.12 bits per heavy atom. The summed E-state index contributed by atoms with van der Waals surface area (Å²) in [5.74, 6) is 0. The molecule has 0 atom stereocenters. The maximum atomic E-state index is 10.2. The molecule has 1 aliphatic rings. The highest BCUT2D eigenvalue weighted by atomic mass is 16.9. The van der Waals surface area contributed by atoms with Crippen LogP contribution in [0.2, 0.25) is 0 Å². The molecule has 2 amide bonds. The van der Waals surface area contributed by atoms with Crippen LogP contribution in [-0.2, 0) is 4.84 Å². The van der Waals surface area contributed by atoms with Crippen molar-refractivity contribution in [2.75, 3.05) is 0 Å². The van der Waals surface area contributed by atoms with Crippen molar-refractivity contribution < 1.29 is 9.63 Å². The van der Waals surface area contributed by atoms with Gasteiger partial charge in [0.2, 0.25) is 0 Å². The summed E-state index contributed by atoms with van der Waals surface area (Å²) in [5, 5.41) is 1.12. The fourth-order valence-electron chi connectivity index (χ4n) is 0.513. The van der Waals surface area contributed by atoms with Crippen molar-refractivity contribution in [1.29, 1.82) is 0 Å². The van der Waals surface area contributed by atoms with E-state index in [1.165, 1.54) is 0 Å². The van der Waals surface area contributed by atoms with Crippen LogP contribution in [0.4, 0.5) is 4.79 Å². The van der Waals surface area contributed by atoms with E-state index in [2.05, 4.69) is 0 Å². The Labute approximate surface area is 47.2 Å². The zero-order valence-electron chi connectivity index (χ0n) is 4.84. The van der Waals surface area contributed by atoms with E-state index >= 15 is 0 Å². The summed E-state index contributed by atoms with van der Waals surface area (Å²) >= 11 is 0. The van der Waals surface area contributed by atoms with Crippen molar-refractivity contribution in [3.05, 3.63) is 0 Å². The number of carbonyl (C=O) groups excluding carboxylic acids is 1. The number of urea groups is 1. The summed E-state index contributed by atoms with van der Waals surface area (Å²) in [4.78, 5) is 14.9. The SMILES string of the molecule is CC1(C)ON1C(N)=O. The van der Waals surface area contributed by atoms with Crippen LogP contribution < -0.4 is 5.73 Å². The molecule has 8 heavy (non-hydrogen) atoms. The van der Waals surface area contributed by atoms with Crippen molar-refractivity contribution in [2.45, 2.75) is 19.6 Å². The molecule has 4 nitrogen and oxygen atoms in total. The average Bonchev–Trinajstić information content (AvgIpc) is 2.13.